The Morgan fingerprint density at radius 2 is 2.33 bits per heavy atom. The summed E-state index contributed by atoms with van der Waals surface area (Å²) in [5.74, 6) is -0.128. The first-order valence-corrected chi connectivity index (χ1v) is 4.97. The molecule has 1 aromatic heterocycles. The van der Waals surface area contributed by atoms with Gasteiger partial charge >= 0.3 is 0 Å². The van der Waals surface area contributed by atoms with Crippen LogP contribution in [-0.2, 0) is 4.79 Å². The van der Waals surface area contributed by atoms with Crippen molar-refractivity contribution in [2.45, 2.75) is 20.3 Å². The monoisotopic (exact) mass is 225 g/mol. The van der Waals surface area contributed by atoms with E-state index in [1.54, 1.807) is 32.0 Å². The molecule has 0 aliphatic carbocycles. The van der Waals surface area contributed by atoms with E-state index in [0.717, 1.165) is 0 Å². The lowest BCUT2D eigenvalue weighted by Crippen LogP contribution is -2.18. The lowest BCUT2D eigenvalue weighted by atomic mass is 10.3. The highest BCUT2D eigenvalue weighted by atomic mass is 35.5. The largest absolute Gasteiger partial charge is 0.273 e. The standard InChI is InChI=1S/C10H12ClN3O/c1-3-10(15)14-13-7(2)8-5-4-6-9(11)12-8/h4-6H,3H2,1-2H3,(H,14,15)/b13-7+. The molecule has 0 fully saturated rings. The van der Waals surface area contributed by atoms with Crippen LogP contribution in [-0.4, -0.2) is 16.6 Å². The molecule has 1 rings (SSSR count). The fourth-order valence-corrected chi connectivity index (χ4v) is 1.06. The fraction of sp³-hybridized carbons (Fsp3) is 0.300. The van der Waals surface area contributed by atoms with Crippen LogP contribution in [0.15, 0.2) is 23.3 Å². The Morgan fingerprint density at radius 1 is 1.60 bits per heavy atom. The van der Waals surface area contributed by atoms with Crippen LogP contribution in [0.2, 0.25) is 5.15 Å². The summed E-state index contributed by atoms with van der Waals surface area (Å²) in [6.07, 6.45) is 0.403. The highest BCUT2D eigenvalue weighted by Gasteiger charge is 2.00. The third-order valence-corrected chi connectivity index (χ3v) is 1.97. The number of halogens is 1. The molecule has 0 radical (unpaired) electrons. The summed E-state index contributed by atoms with van der Waals surface area (Å²) in [6.45, 7) is 3.52. The summed E-state index contributed by atoms with van der Waals surface area (Å²) < 4.78 is 0. The van der Waals surface area contributed by atoms with Gasteiger partial charge in [-0.05, 0) is 19.1 Å². The summed E-state index contributed by atoms with van der Waals surface area (Å²) in [4.78, 5) is 15.0. The number of pyridine rings is 1. The van der Waals surface area contributed by atoms with E-state index in [9.17, 15) is 4.79 Å². The summed E-state index contributed by atoms with van der Waals surface area (Å²) in [5.41, 5.74) is 3.69. The molecule has 4 nitrogen and oxygen atoms in total. The van der Waals surface area contributed by atoms with Crippen molar-refractivity contribution in [2.24, 2.45) is 5.10 Å². The average Bonchev–Trinajstić information content (AvgIpc) is 2.25. The fourth-order valence-electron chi connectivity index (χ4n) is 0.892. The minimum Gasteiger partial charge on any atom is -0.273 e. The molecule has 0 spiro atoms. The predicted octanol–water partition coefficient (Wildman–Crippen LogP) is 1.99. The molecule has 0 aliphatic heterocycles. The molecule has 0 saturated carbocycles. The van der Waals surface area contributed by atoms with E-state index in [2.05, 4.69) is 15.5 Å². The number of hydrazone groups is 1. The maximum absolute atomic E-state index is 10.9. The molecule has 0 saturated heterocycles. The van der Waals surface area contributed by atoms with Gasteiger partial charge in [0.25, 0.3) is 0 Å². The first-order chi connectivity index (χ1) is 7.13. The van der Waals surface area contributed by atoms with Gasteiger partial charge in [-0.1, -0.05) is 24.6 Å². The van der Waals surface area contributed by atoms with Gasteiger partial charge in [0.2, 0.25) is 5.91 Å². The normalized spacial score (nSPS) is 11.3. The number of aromatic nitrogens is 1. The molecule has 1 amide bonds. The quantitative estimate of drug-likeness (QED) is 0.486. The van der Waals surface area contributed by atoms with Crippen molar-refractivity contribution in [1.29, 1.82) is 0 Å². The summed E-state index contributed by atoms with van der Waals surface area (Å²) in [7, 11) is 0. The van der Waals surface area contributed by atoms with E-state index in [1.165, 1.54) is 0 Å². The molecule has 1 N–H and O–H groups in total. The van der Waals surface area contributed by atoms with Crippen molar-refractivity contribution in [1.82, 2.24) is 10.4 Å². The first kappa shape index (κ1) is 11.7. The molecule has 80 valence electrons. The molecule has 0 bridgehead atoms. The number of carbonyl (C=O) groups is 1. The van der Waals surface area contributed by atoms with Gasteiger partial charge in [-0.25, -0.2) is 10.4 Å². The van der Waals surface area contributed by atoms with Gasteiger partial charge < -0.3 is 0 Å². The minimum atomic E-state index is -0.128. The summed E-state index contributed by atoms with van der Waals surface area (Å²) in [5, 5.41) is 4.31. The van der Waals surface area contributed by atoms with Crippen molar-refractivity contribution in [3.8, 4) is 0 Å². The number of nitrogens with zero attached hydrogens (tertiary/aromatic N) is 2. The Balaban J connectivity index is 2.75. The number of carbonyl (C=O) groups excluding carboxylic acids is 1. The van der Waals surface area contributed by atoms with E-state index in [1.807, 2.05) is 0 Å². The van der Waals surface area contributed by atoms with E-state index in [0.29, 0.717) is 23.0 Å². The number of amides is 1. The smallest absolute Gasteiger partial charge is 0.239 e. The summed E-state index contributed by atoms with van der Waals surface area (Å²) >= 11 is 5.73. The molecule has 1 heterocycles. The third kappa shape index (κ3) is 3.67. The molecule has 0 aliphatic rings. The number of hydrogen-bond donors (Lipinski definition) is 1. The van der Waals surface area contributed by atoms with E-state index >= 15 is 0 Å². The van der Waals surface area contributed by atoms with Gasteiger partial charge in [-0.15, -0.1) is 0 Å². The van der Waals surface area contributed by atoms with Crippen LogP contribution in [0.5, 0.6) is 0 Å². The second kappa shape index (κ2) is 5.46. The molecule has 0 unspecified atom stereocenters. The third-order valence-electron chi connectivity index (χ3n) is 1.76. The highest BCUT2D eigenvalue weighted by molar-refractivity contribution is 6.29. The van der Waals surface area contributed by atoms with Gasteiger partial charge in [0.1, 0.15) is 5.15 Å². The zero-order valence-electron chi connectivity index (χ0n) is 8.62. The first-order valence-electron chi connectivity index (χ1n) is 4.59. The molecule has 1 aromatic rings. The number of nitrogens with one attached hydrogen (secondary N) is 1. The molecular weight excluding hydrogens is 214 g/mol. The Labute approximate surface area is 93.4 Å². The number of hydrogen-bond acceptors (Lipinski definition) is 3. The molecule has 15 heavy (non-hydrogen) atoms. The van der Waals surface area contributed by atoms with Crippen molar-refractivity contribution in [3.05, 3.63) is 29.0 Å². The van der Waals surface area contributed by atoms with Gasteiger partial charge in [0, 0.05) is 6.42 Å². The second-order valence-corrected chi connectivity index (χ2v) is 3.32. The van der Waals surface area contributed by atoms with E-state index < -0.39 is 0 Å². The highest BCUT2D eigenvalue weighted by Crippen LogP contribution is 2.05. The van der Waals surface area contributed by atoms with E-state index in [-0.39, 0.29) is 5.91 Å². The van der Waals surface area contributed by atoms with Gasteiger partial charge in [0.05, 0.1) is 11.4 Å². The summed E-state index contributed by atoms with van der Waals surface area (Å²) in [6, 6.07) is 5.25. The van der Waals surface area contributed by atoms with Crippen LogP contribution in [0.4, 0.5) is 0 Å². The van der Waals surface area contributed by atoms with Crippen molar-refractivity contribution in [2.75, 3.05) is 0 Å². The van der Waals surface area contributed by atoms with Crippen LogP contribution < -0.4 is 5.43 Å². The van der Waals surface area contributed by atoms with Crippen LogP contribution in [0.3, 0.4) is 0 Å². The van der Waals surface area contributed by atoms with Gasteiger partial charge in [-0.2, -0.15) is 5.10 Å². The SMILES string of the molecule is CCC(=O)N/N=C(\C)c1cccc(Cl)n1. The van der Waals surface area contributed by atoms with Crippen molar-refractivity contribution < 1.29 is 4.79 Å². The van der Waals surface area contributed by atoms with Gasteiger partial charge in [-0.3, -0.25) is 4.79 Å². The second-order valence-electron chi connectivity index (χ2n) is 2.93. The molecule has 0 aromatic carbocycles. The lowest BCUT2D eigenvalue weighted by molar-refractivity contribution is -0.120. The van der Waals surface area contributed by atoms with Crippen LogP contribution in [0.25, 0.3) is 0 Å². The maximum atomic E-state index is 10.9. The average molecular weight is 226 g/mol. The zero-order valence-corrected chi connectivity index (χ0v) is 9.38. The Morgan fingerprint density at radius 3 is 2.93 bits per heavy atom. The zero-order chi connectivity index (χ0) is 11.3. The lowest BCUT2D eigenvalue weighted by Gasteiger charge is -2.00. The van der Waals surface area contributed by atoms with Crippen molar-refractivity contribution >= 4 is 23.2 Å². The Hall–Kier alpha value is -1.42. The minimum absolute atomic E-state index is 0.128. The molecule has 5 heteroatoms. The van der Waals surface area contributed by atoms with Gasteiger partial charge in [0.15, 0.2) is 0 Å². The topological polar surface area (TPSA) is 54.4 Å². The van der Waals surface area contributed by atoms with Crippen LogP contribution >= 0.6 is 11.6 Å². The predicted molar refractivity (Wildman–Crippen MR) is 59.9 cm³/mol. The van der Waals surface area contributed by atoms with Crippen LogP contribution in [0, 0.1) is 0 Å². The Kier molecular flexibility index (Phi) is 4.24. The van der Waals surface area contributed by atoms with Crippen molar-refractivity contribution in [3.63, 3.8) is 0 Å². The van der Waals surface area contributed by atoms with E-state index in [4.69, 9.17) is 11.6 Å². The molecular formula is C10H12ClN3O. The Bertz CT molecular complexity index is 390. The van der Waals surface area contributed by atoms with Crippen LogP contribution in [0.1, 0.15) is 26.0 Å². The molecule has 0 atom stereocenters. The maximum Gasteiger partial charge on any atom is 0.239 e. The number of rotatable bonds is 3.